The van der Waals surface area contributed by atoms with Crippen molar-refractivity contribution >= 4 is 33.9 Å². The number of nitrogens with one attached hydrogen (secondary N) is 1. The third kappa shape index (κ3) is 3.80. The van der Waals surface area contributed by atoms with Gasteiger partial charge in [0.15, 0.2) is 5.82 Å². The summed E-state index contributed by atoms with van der Waals surface area (Å²) < 4.78 is 8.90. The molecule has 2 aromatic carbocycles. The van der Waals surface area contributed by atoms with E-state index in [0.29, 0.717) is 31.0 Å². The number of carbonyl (C=O) groups is 1. The third-order valence-corrected chi connectivity index (χ3v) is 5.64. The maximum absolute atomic E-state index is 12.5. The van der Waals surface area contributed by atoms with Crippen molar-refractivity contribution in [2.45, 2.75) is 26.8 Å². The summed E-state index contributed by atoms with van der Waals surface area (Å²) in [6.07, 6.45) is 5.69. The summed E-state index contributed by atoms with van der Waals surface area (Å²) in [5.74, 6) is 0.274. The number of hydrogen-bond acceptors (Lipinski definition) is 6. The van der Waals surface area contributed by atoms with Gasteiger partial charge in [-0.2, -0.15) is 10.2 Å². The zero-order chi connectivity index (χ0) is 22.8. The highest BCUT2D eigenvalue weighted by atomic mass is 16.5. The molecule has 0 unspecified atom stereocenters. The van der Waals surface area contributed by atoms with E-state index >= 15 is 0 Å². The van der Waals surface area contributed by atoms with Crippen LogP contribution in [-0.4, -0.2) is 37.0 Å². The van der Waals surface area contributed by atoms with E-state index in [4.69, 9.17) is 4.74 Å². The Morgan fingerprint density at radius 1 is 1.06 bits per heavy atom. The lowest BCUT2D eigenvalue weighted by Gasteiger charge is -2.10. The van der Waals surface area contributed by atoms with Crippen LogP contribution in [0.3, 0.4) is 0 Å². The first-order valence-corrected chi connectivity index (χ1v) is 11.0. The first kappa shape index (κ1) is 20.7. The summed E-state index contributed by atoms with van der Waals surface area (Å²) in [5, 5.41) is 13.4. The third-order valence-electron chi connectivity index (χ3n) is 5.64. The van der Waals surface area contributed by atoms with Crippen LogP contribution in [0.5, 0.6) is 0 Å². The molecule has 0 radical (unpaired) electrons. The number of fused-ring (bicyclic) bond motifs is 2. The molecule has 8 nitrogen and oxygen atoms in total. The monoisotopic (exact) mass is 440 g/mol. The lowest BCUT2D eigenvalue weighted by atomic mass is 10.1. The molecule has 8 heteroatoms. The summed E-state index contributed by atoms with van der Waals surface area (Å²) >= 11 is 0. The number of rotatable bonds is 7. The molecule has 0 bridgehead atoms. The highest BCUT2D eigenvalue weighted by Gasteiger charge is 2.21. The second kappa shape index (κ2) is 8.74. The van der Waals surface area contributed by atoms with Gasteiger partial charge in [-0.05, 0) is 36.6 Å². The average Bonchev–Trinajstić information content (AvgIpc) is 3.42. The Morgan fingerprint density at radius 2 is 1.91 bits per heavy atom. The average molecular weight is 441 g/mol. The van der Waals surface area contributed by atoms with Crippen LogP contribution in [0, 0.1) is 0 Å². The van der Waals surface area contributed by atoms with Crippen molar-refractivity contribution in [2.24, 2.45) is 0 Å². The van der Waals surface area contributed by atoms with E-state index in [9.17, 15) is 4.79 Å². The molecule has 3 aromatic heterocycles. The van der Waals surface area contributed by atoms with Crippen LogP contribution < -0.4 is 5.32 Å². The predicted octanol–water partition coefficient (Wildman–Crippen LogP) is 4.61. The van der Waals surface area contributed by atoms with E-state index < -0.39 is 0 Å². The lowest BCUT2D eigenvalue weighted by Crippen LogP contribution is -2.06. The summed E-state index contributed by atoms with van der Waals surface area (Å²) in [6, 6.07) is 16.3. The molecule has 0 amide bonds. The molecule has 166 valence electrons. The fourth-order valence-electron chi connectivity index (χ4n) is 4.13. The lowest BCUT2D eigenvalue weighted by molar-refractivity contribution is 0.0525. The number of anilines is 2. The number of esters is 1. The van der Waals surface area contributed by atoms with Gasteiger partial charge in [0.25, 0.3) is 0 Å². The Morgan fingerprint density at radius 3 is 2.70 bits per heavy atom. The van der Waals surface area contributed by atoms with E-state index in [1.807, 2.05) is 48.1 Å². The van der Waals surface area contributed by atoms with Gasteiger partial charge in [-0.1, -0.05) is 43.3 Å². The first-order chi connectivity index (χ1) is 16.2. The van der Waals surface area contributed by atoms with Crippen LogP contribution in [0.25, 0.3) is 16.4 Å². The summed E-state index contributed by atoms with van der Waals surface area (Å²) in [4.78, 5) is 17.0. The normalized spacial score (nSPS) is 11.2. The summed E-state index contributed by atoms with van der Waals surface area (Å²) in [7, 11) is 0. The Labute approximate surface area is 190 Å². The van der Waals surface area contributed by atoms with Gasteiger partial charge in [0.05, 0.1) is 36.1 Å². The maximum atomic E-state index is 12.5. The van der Waals surface area contributed by atoms with Crippen molar-refractivity contribution in [3.8, 4) is 0 Å². The molecule has 0 saturated carbocycles. The van der Waals surface area contributed by atoms with Crippen LogP contribution in [0.4, 0.5) is 11.5 Å². The molecule has 0 aliphatic carbocycles. The van der Waals surface area contributed by atoms with Crippen LogP contribution in [0.1, 0.15) is 35.3 Å². The van der Waals surface area contributed by atoms with Crippen molar-refractivity contribution in [2.75, 3.05) is 11.9 Å². The molecule has 5 rings (SSSR count). The minimum Gasteiger partial charge on any atom is -0.462 e. The first-order valence-electron chi connectivity index (χ1n) is 11.0. The molecule has 0 aliphatic heterocycles. The molecule has 3 heterocycles. The minimum absolute atomic E-state index is 0.319. The van der Waals surface area contributed by atoms with E-state index in [1.54, 1.807) is 17.6 Å². The topological polar surface area (TPSA) is 86.3 Å². The summed E-state index contributed by atoms with van der Waals surface area (Å²) in [6.45, 7) is 4.81. The number of aromatic nitrogens is 5. The molecule has 33 heavy (non-hydrogen) atoms. The van der Waals surface area contributed by atoms with Crippen molar-refractivity contribution < 1.29 is 9.53 Å². The molecule has 0 fully saturated rings. The Balaban J connectivity index is 1.55. The van der Waals surface area contributed by atoms with Gasteiger partial charge in [0, 0.05) is 11.6 Å². The number of ether oxygens (including phenoxy) is 1. The van der Waals surface area contributed by atoms with Gasteiger partial charge < -0.3 is 10.1 Å². The highest BCUT2D eigenvalue weighted by molar-refractivity contribution is 5.98. The van der Waals surface area contributed by atoms with Gasteiger partial charge >= 0.3 is 5.97 Å². The van der Waals surface area contributed by atoms with Crippen LogP contribution in [-0.2, 0) is 17.7 Å². The molecule has 0 aliphatic rings. The van der Waals surface area contributed by atoms with Crippen LogP contribution in [0.2, 0.25) is 0 Å². The molecule has 0 saturated heterocycles. The standard InChI is InChI=1S/C25H24N6O2/c1-3-18-20(25(32)33-4-2)15-31-23(18)24(26-16-28-31)29-21-11-8-12-22-19(21)13-27-30(22)14-17-9-6-5-7-10-17/h5-13,15-16H,3-4,14H2,1-2H3,(H,26,28,29). The van der Waals surface area contributed by atoms with Gasteiger partial charge in [0.2, 0.25) is 0 Å². The summed E-state index contributed by atoms with van der Waals surface area (Å²) in [5.41, 5.74) is 5.21. The smallest absolute Gasteiger partial charge is 0.340 e. The van der Waals surface area contributed by atoms with Crippen molar-refractivity contribution in [1.29, 1.82) is 0 Å². The van der Waals surface area contributed by atoms with Crippen molar-refractivity contribution in [1.82, 2.24) is 24.4 Å². The van der Waals surface area contributed by atoms with E-state index in [1.165, 1.54) is 11.9 Å². The quantitative estimate of drug-likeness (QED) is 0.372. The minimum atomic E-state index is -0.352. The number of carbonyl (C=O) groups excluding carboxylic acids is 1. The van der Waals surface area contributed by atoms with Gasteiger partial charge in [-0.15, -0.1) is 0 Å². The van der Waals surface area contributed by atoms with E-state index in [0.717, 1.165) is 27.7 Å². The van der Waals surface area contributed by atoms with Gasteiger partial charge in [-0.25, -0.2) is 14.3 Å². The Bertz CT molecular complexity index is 1440. The predicted molar refractivity (Wildman–Crippen MR) is 127 cm³/mol. The number of aryl methyl sites for hydroxylation is 1. The van der Waals surface area contributed by atoms with Crippen molar-refractivity contribution in [3.05, 3.63) is 83.9 Å². The van der Waals surface area contributed by atoms with E-state index in [-0.39, 0.29) is 5.97 Å². The van der Waals surface area contributed by atoms with Crippen LogP contribution in [0.15, 0.2) is 67.3 Å². The fourth-order valence-corrected chi connectivity index (χ4v) is 4.13. The largest absolute Gasteiger partial charge is 0.462 e. The zero-order valence-electron chi connectivity index (χ0n) is 18.5. The molecular formula is C25H24N6O2. The molecule has 0 atom stereocenters. The molecule has 1 N–H and O–H groups in total. The number of nitrogens with zero attached hydrogens (tertiary/aromatic N) is 5. The van der Waals surface area contributed by atoms with Crippen molar-refractivity contribution in [3.63, 3.8) is 0 Å². The molecule has 5 aromatic rings. The second-order valence-corrected chi connectivity index (χ2v) is 7.65. The maximum Gasteiger partial charge on any atom is 0.340 e. The zero-order valence-corrected chi connectivity index (χ0v) is 18.5. The molecule has 0 spiro atoms. The van der Waals surface area contributed by atoms with E-state index in [2.05, 4.69) is 38.7 Å². The number of hydrogen-bond donors (Lipinski definition) is 1. The number of benzene rings is 2. The van der Waals surface area contributed by atoms with Crippen LogP contribution >= 0.6 is 0 Å². The van der Waals surface area contributed by atoms with Gasteiger partial charge in [0.1, 0.15) is 11.8 Å². The fraction of sp³-hybridized carbons (Fsp3) is 0.200. The Hall–Kier alpha value is -4.20. The second-order valence-electron chi connectivity index (χ2n) is 7.65. The Kier molecular flexibility index (Phi) is 5.48. The van der Waals surface area contributed by atoms with Gasteiger partial charge in [-0.3, -0.25) is 4.68 Å². The SMILES string of the molecule is CCOC(=O)c1cn2ncnc(Nc3cccc4c3cnn4Cc3ccccc3)c2c1CC. The highest BCUT2D eigenvalue weighted by Crippen LogP contribution is 2.30. The molecular weight excluding hydrogens is 416 g/mol.